The second-order valence-corrected chi connectivity index (χ2v) is 7.39. The molecular formula is C21H34N4O3. The summed E-state index contributed by atoms with van der Waals surface area (Å²) in [5.41, 5.74) is 1.23. The Bertz CT molecular complexity index is 619. The fourth-order valence-electron chi connectivity index (χ4n) is 3.68. The van der Waals surface area contributed by atoms with Crippen molar-refractivity contribution < 1.29 is 14.2 Å². The van der Waals surface area contributed by atoms with Crippen LogP contribution in [0, 0.1) is 5.92 Å². The lowest BCUT2D eigenvalue weighted by atomic mass is 10.1. The number of nitrogens with one attached hydrogen (secondary N) is 2. The van der Waals surface area contributed by atoms with Crippen molar-refractivity contribution in [1.82, 2.24) is 10.6 Å². The fourth-order valence-corrected chi connectivity index (χ4v) is 3.68. The van der Waals surface area contributed by atoms with Crippen molar-refractivity contribution in [2.24, 2.45) is 10.9 Å². The summed E-state index contributed by atoms with van der Waals surface area (Å²) in [7, 11) is 3.53. The highest BCUT2D eigenvalue weighted by Crippen LogP contribution is 2.26. The van der Waals surface area contributed by atoms with E-state index in [2.05, 4.69) is 38.7 Å². The second-order valence-electron chi connectivity index (χ2n) is 7.39. The molecule has 0 spiro atoms. The van der Waals surface area contributed by atoms with Crippen LogP contribution in [-0.4, -0.2) is 72.2 Å². The highest BCUT2D eigenvalue weighted by atomic mass is 16.5. The highest BCUT2D eigenvalue weighted by molar-refractivity contribution is 5.79. The monoisotopic (exact) mass is 390 g/mol. The number of guanidine groups is 1. The van der Waals surface area contributed by atoms with Crippen LogP contribution in [0.15, 0.2) is 29.3 Å². The topological polar surface area (TPSA) is 67.4 Å². The van der Waals surface area contributed by atoms with Crippen LogP contribution in [0.5, 0.6) is 5.75 Å². The first-order valence-electron chi connectivity index (χ1n) is 10.3. The van der Waals surface area contributed by atoms with E-state index in [1.54, 1.807) is 7.11 Å². The van der Waals surface area contributed by atoms with Crippen LogP contribution < -0.4 is 20.3 Å². The van der Waals surface area contributed by atoms with Crippen LogP contribution in [0.1, 0.15) is 19.3 Å². The number of anilines is 1. The van der Waals surface area contributed by atoms with E-state index >= 15 is 0 Å². The maximum atomic E-state index is 5.79. The number of hydrogen-bond acceptors (Lipinski definition) is 5. The molecule has 2 unspecified atom stereocenters. The molecule has 0 amide bonds. The molecule has 0 aliphatic carbocycles. The number of benzene rings is 1. The van der Waals surface area contributed by atoms with Crippen molar-refractivity contribution in [2.45, 2.75) is 25.4 Å². The van der Waals surface area contributed by atoms with Gasteiger partial charge in [-0.2, -0.15) is 0 Å². The standard InChI is InChI=1S/C21H34N4O3/c1-22-21(23-9-4-11-28-20-8-12-27-16-20)24-14-17-7-10-25(15-17)18-5-3-6-19(13-18)26-2/h3,5-6,13,17,20H,4,7-12,14-16H2,1-2H3,(H2,22,23,24). The summed E-state index contributed by atoms with van der Waals surface area (Å²) in [6.45, 7) is 6.24. The van der Waals surface area contributed by atoms with E-state index < -0.39 is 0 Å². The van der Waals surface area contributed by atoms with Gasteiger partial charge in [0.1, 0.15) is 5.75 Å². The smallest absolute Gasteiger partial charge is 0.190 e. The van der Waals surface area contributed by atoms with Gasteiger partial charge in [-0.1, -0.05) is 6.07 Å². The van der Waals surface area contributed by atoms with Gasteiger partial charge >= 0.3 is 0 Å². The van der Waals surface area contributed by atoms with Crippen LogP contribution in [-0.2, 0) is 9.47 Å². The zero-order chi connectivity index (χ0) is 19.6. The van der Waals surface area contributed by atoms with Crippen LogP contribution in [0.4, 0.5) is 5.69 Å². The molecule has 3 rings (SSSR count). The van der Waals surface area contributed by atoms with Crippen molar-refractivity contribution in [1.29, 1.82) is 0 Å². The minimum atomic E-state index is 0.285. The van der Waals surface area contributed by atoms with Gasteiger partial charge in [-0.25, -0.2) is 0 Å². The third-order valence-electron chi connectivity index (χ3n) is 5.34. The maximum Gasteiger partial charge on any atom is 0.190 e. The molecular weight excluding hydrogens is 356 g/mol. The summed E-state index contributed by atoms with van der Waals surface area (Å²) in [5.74, 6) is 2.38. The van der Waals surface area contributed by atoms with E-state index in [0.717, 1.165) is 70.6 Å². The molecule has 2 saturated heterocycles. The molecule has 2 aliphatic heterocycles. The van der Waals surface area contributed by atoms with Gasteiger partial charge in [-0.05, 0) is 37.3 Å². The number of methoxy groups -OCH3 is 1. The molecule has 1 aromatic rings. The third-order valence-corrected chi connectivity index (χ3v) is 5.34. The summed E-state index contributed by atoms with van der Waals surface area (Å²) in [4.78, 5) is 6.75. The molecule has 1 aromatic carbocycles. The summed E-state index contributed by atoms with van der Waals surface area (Å²) < 4.78 is 16.4. The summed E-state index contributed by atoms with van der Waals surface area (Å²) in [6, 6.07) is 8.30. The molecule has 156 valence electrons. The van der Waals surface area contributed by atoms with Crippen LogP contribution in [0.2, 0.25) is 0 Å². The predicted molar refractivity (Wildman–Crippen MR) is 112 cm³/mol. The Labute approximate surface area is 168 Å². The van der Waals surface area contributed by atoms with E-state index in [1.165, 1.54) is 12.1 Å². The largest absolute Gasteiger partial charge is 0.497 e. The molecule has 2 aliphatic rings. The Morgan fingerprint density at radius 3 is 3.04 bits per heavy atom. The average molecular weight is 391 g/mol. The number of aliphatic imine (C=N–C) groups is 1. The van der Waals surface area contributed by atoms with Crippen LogP contribution >= 0.6 is 0 Å². The minimum Gasteiger partial charge on any atom is -0.497 e. The lowest BCUT2D eigenvalue weighted by molar-refractivity contribution is 0.0420. The molecule has 2 heterocycles. The maximum absolute atomic E-state index is 5.79. The first-order valence-corrected chi connectivity index (χ1v) is 10.3. The van der Waals surface area contributed by atoms with E-state index in [-0.39, 0.29) is 6.10 Å². The Morgan fingerprint density at radius 1 is 1.32 bits per heavy atom. The fraction of sp³-hybridized carbons (Fsp3) is 0.667. The third kappa shape index (κ3) is 6.27. The Balaban J connectivity index is 1.31. The van der Waals surface area contributed by atoms with E-state index in [9.17, 15) is 0 Å². The number of ether oxygens (including phenoxy) is 3. The average Bonchev–Trinajstić information content (AvgIpc) is 3.42. The highest BCUT2D eigenvalue weighted by Gasteiger charge is 2.23. The van der Waals surface area contributed by atoms with Crippen molar-refractivity contribution in [2.75, 3.05) is 65.1 Å². The zero-order valence-corrected chi connectivity index (χ0v) is 17.2. The normalized spacial score (nSPS) is 22.5. The lowest BCUT2D eigenvalue weighted by Crippen LogP contribution is -2.40. The Hall–Kier alpha value is -1.99. The van der Waals surface area contributed by atoms with Gasteiger partial charge in [0.25, 0.3) is 0 Å². The Kier molecular flexibility index (Phi) is 8.23. The number of rotatable bonds is 9. The van der Waals surface area contributed by atoms with Gasteiger partial charge in [0.05, 0.1) is 19.8 Å². The lowest BCUT2D eigenvalue weighted by Gasteiger charge is -2.20. The molecule has 2 atom stereocenters. The first kappa shape index (κ1) is 20.7. The molecule has 2 N–H and O–H groups in total. The molecule has 28 heavy (non-hydrogen) atoms. The molecule has 2 fully saturated rings. The molecule has 0 aromatic heterocycles. The van der Waals surface area contributed by atoms with Crippen LogP contribution in [0.25, 0.3) is 0 Å². The molecule has 0 bridgehead atoms. The molecule has 0 saturated carbocycles. The number of nitrogens with zero attached hydrogens (tertiary/aromatic N) is 2. The summed E-state index contributed by atoms with van der Waals surface area (Å²) >= 11 is 0. The van der Waals surface area contributed by atoms with Crippen molar-refractivity contribution in [3.05, 3.63) is 24.3 Å². The van der Waals surface area contributed by atoms with Gasteiger partial charge < -0.3 is 29.7 Å². The van der Waals surface area contributed by atoms with Crippen LogP contribution in [0.3, 0.4) is 0 Å². The van der Waals surface area contributed by atoms with Gasteiger partial charge in [-0.15, -0.1) is 0 Å². The van der Waals surface area contributed by atoms with Gasteiger partial charge in [-0.3, -0.25) is 4.99 Å². The molecule has 0 radical (unpaired) electrons. The van der Waals surface area contributed by atoms with Gasteiger partial charge in [0.15, 0.2) is 5.96 Å². The number of hydrogen-bond donors (Lipinski definition) is 2. The van der Waals surface area contributed by atoms with E-state index in [0.29, 0.717) is 5.92 Å². The van der Waals surface area contributed by atoms with Crippen molar-refractivity contribution in [3.63, 3.8) is 0 Å². The van der Waals surface area contributed by atoms with Gasteiger partial charge in [0.2, 0.25) is 0 Å². The summed E-state index contributed by atoms with van der Waals surface area (Å²) in [5, 5.41) is 6.84. The Morgan fingerprint density at radius 2 is 2.25 bits per heavy atom. The van der Waals surface area contributed by atoms with Crippen molar-refractivity contribution in [3.8, 4) is 5.75 Å². The second kappa shape index (κ2) is 11.1. The minimum absolute atomic E-state index is 0.285. The van der Waals surface area contributed by atoms with E-state index in [4.69, 9.17) is 14.2 Å². The molecule has 7 heteroatoms. The van der Waals surface area contributed by atoms with E-state index in [1.807, 2.05) is 13.1 Å². The predicted octanol–water partition coefficient (Wildman–Crippen LogP) is 1.88. The van der Waals surface area contributed by atoms with Crippen molar-refractivity contribution >= 4 is 11.6 Å². The SMILES string of the molecule is CN=C(NCCCOC1CCOC1)NCC1CCN(c2cccc(OC)c2)C1. The molecule has 7 nitrogen and oxygen atoms in total. The zero-order valence-electron chi connectivity index (χ0n) is 17.2. The summed E-state index contributed by atoms with van der Waals surface area (Å²) in [6.07, 6.45) is 3.44. The quantitative estimate of drug-likeness (QED) is 0.381. The first-order chi connectivity index (χ1) is 13.8. The van der Waals surface area contributed by atoms with Gasteiger partial charge in [0, 0.05) is 58.2 Å².